The topological polar surface area (TPSA) is 111 Å². The number of carbonyl (C=O) groups is 3. The number of nitrogens with zero attached hydrogens (tertiary/aromatic N) is 3. The van der Waals surface area contributed by atoms with E-state index in [1.807, 2.05) is 43.3 Å². The molecule has 3 aromatic carbocycles. The largest absolute Gasteiger partial charge is 0.497 e. The first-order valence-electron chi connectivity index (χ1n) is 14.0. The number of benzene rings is 3. The molecule has 3 heterocycles. The first-order valence-corrected chi connectivity index (χ1v) is 14.8. The molecule has 0 saturated carbocycles. The van der Waals surface area contributed by atoms with Gasteiger partial charge in [0.05, 0.1) is 29.8 Å². The molecule has 1 aliphatic heterocycles. The zero-order chi connectivity index (χ0) is 31.7. The summed E-state index contributed by atoms with van der Waals surface area (Å²) in [6, 6.07) is 23.8. The van der Waals surface area contributed by atoms with E-state index in [1.54, 1.807) is 60.5 Å². The number of hydrogen-bond donors (Lipinski definition) is 0. The average molecular weight is 671 g/mol. The minimum absolute atomic E-state index is 0.106. The Hall–Kier alpha value is -5.00. The number of methoxy groups -OCH3 is 2. The summed E-state index contributed by atoms with van der Waals surface area (Å²) < 4.78 is 17.6. The summed E-state index contributed by atoms with van der Waals surface area (Å²) in [5.74, 6) is -0.316. The summed E-state index contributed by atoms with van der Waals surface area (Å²) in [5, 5.41) is 1.56. The number of pyridine rings is 1. The summed E-state index contributed by atoms with van der Waals surface area (Å²) >= 11 is 3.39. The molecule has 0 fully saturated rings. The number of hydroxylamine groups is 2. The molecule has 3 amide bonds. The van der Waals surface area contributed by atoms with Crippen LogP contribution in [0.1, 0.15) is 54.1 Å². The highest BCUT2D eigenvalue weighted by atomic mass is 79.9. The fraction of sp³-hybridized carbons (Fsp3) is 0.176. The third kappa shape index (κ3) is 5.92. The molecular formula is C34H28BrN3O7. The van der Waals surface area contributed by atoms with Gasteiger partial charge in [0.15, 0.2) is 0 Å². The smallest absolute Gasteiger partial charge is 0.285 e. The van der Waals surface area contributed by atoms with E-state index in [4.69, 9.17) is 18.7 Å². The number of hydrogen-bond acceptors (Lipinski definition) is 8. The molecule has 0 bridgehead atoms. The Labute approximate surface area is 267 Å². The molecular weight excluding hydrogens is 642 g/mol. The van der Waals surface area contributed by atoms with Crippen molar-refractivity contribution < 1.29 is 33.1 Å². The number of carbonyl (C=O) groups excluding carboxylic acids is 3. The molecule has 0 N–H and O–H groups in total. The van der Waals surface area contributed by atoms with Gasteiger partial charge in [-0.3, -0.25) is 19.2 Å². The molecule has 10 nitrogen and oxygen atoms in total. The van der Waals surface area contributed by atoms with Crippen LogP contribution in [0.2, 0.25) is 0 Å². The third-order valence-corrected chi connectivity index (χ3v) is 8.12. The lowest BCUT2D eigenvalue weighted by atomic mass is 10.1. The number of aryl methyl sites for hydroxylation is 1. The number of fused-ring (bicyclic) bond motifs is 2. The first kappa shape index (κ1) is 30.0. The molecule has 228 valence electrons. The van der Waals surface area contributed by atoms with Gasteiger partial charge in [-0.15, -0.1) is 5.06 Å². The fourth-order valence-corrected chi connectivity index (χ4v) is 5.55. The maximum absolute atomic E-state index is 14.4. The van der Waals surface area contributed by atoms with E-state index in [-0.39, 0.29) is 35.9 Å². The molecule has 0 aliphatic carbocycles. The van der Waals surface area contributed by atoms with Crippen LogP contribution in [0.15, 0.2) is 93.8 Å². The van der Waals surface area contributed by atoms with Crippen molar-refractivity contribution in [3.63, 3.8) is 0 Å². The Kier molecular flexibility index (Phi) is 8.38. The number of rotatable bonds is 10. The van der Waals surface area contributed by atoms with Gasteiger partial charge in [0, 0.05) is 11.9 Å². The average Bonchev–Trinajstić information content (AvgIpc) is 3.58. The van der Waals surface area contributed by atoms with Crippen LogP contribution in [0.3, 0.4) is 0 Å². The monoisotopic (exact) mass is 669 g/mol. The second kappa shape index (κ2) is 12.5. The predicted molar refractivity (Wildman–Crippen MR) is 168 cm³/mol. The SMILES string of the molecule is COc1ccc(CN(C(=O)c2ccc(Br)c(OC)n2)[C@H](CON2C(=O)c3ccccc3C2=O)c2cc3ccc(C)cc3o2)cc1. The van der Waals surface area contributed by atoms with E-state index in [9.17, 15) is 14.4 Å². The molecule has 0 saturated heterocycles. The van der Waals surface area contributed by atoms with E-state index in [0.29, 0.717) is 21.6 Å². The minimum Gasteiger partial charge on any atom is -0.497 e. The molecule has 45 heavy (non-hydrogen) atoms. The molecule has 11 heteroatoms. The van der Waals surface area contributed by atoms with E-state index in [1.165, 1.54) is 7.11 Å². The second-order valence-corrected chi connectivity index (χ2v) is 11.3. The van der Waals surface area contributed by atoms with Gasteiger partial charge in [0.25, 0.3) is 17.7 Å². The van der Waals surface area contributed by atoms with E-state index in [2.05, 4.69) is 20.9 Å². The normalized spacial score (nSPS) is 13.2. The summed E-state index contributed by atoms with van der Waals surface area (Å²) in [5.41, 5.74) is 3.01. The standard InChI is InChI=1S/C34H28BrN3O7/c1-20-8-11-22-17-30(45-29(22)16-20)28(19-44-38-32(39)24-6-4-5-7-25(24)33(38)40)37(18-21-9-12-23(42-2)13-10-21)34(41)27-15-14-26(35)31(36-27)43-3/h4-17,28H,18-19H2,1-3H3/t28-/m1/s1. The van der Waals surface area contributed by atoms with Gasteiger partial charge in [0.1, 0.15) is 35.4 Å². The molecule has 1 atom stereocenters. The van der Waals surface area contributed by atoms with E-state index in [0.717, 1.165) is 21.6 Å². The van der Waals surface area contributed by atoms with Crippen LogP contribution in [0.5, 0.6) is 11.6 Å². The number of halogens is 1. The van der Waals surface area contributed by atoms with Gasteiger partial charge < -0.3 is 18.8 Å². The molecule has 2 aromatic heterocycles. The van der Waals surface area contributed by atoms with Crippen LogP contribution in [0, 0.1) is 6.92 Å². The molecule has 6 rings (SSSR count). The van der Waals surface area contributed by atoms with Gasteiger partial charge in [-0.1, -0.05) is 36.4 Å². The molecule has 0 radical (unpaired) electrons. The number of aromatic nitrogens is 1. The lowest BCUT2D eigenvalue weighted by molar-refractivity contribution is -0.108. The van der Waals surface area contributed by atoms with Crippen LogP contribution in [0.4, 0.5) is 0 Å². The number of imide groups is 1. The number of ether oxygens (including phenoxy) is 2. The van der Waals surface area contributed by atoms with Crippen molar-refractivity contribution in [3.05, 3.63) is 123 Å². The zero-order valence-corrected chi connectivity index (χ0v) is 26.2. The van der Waals surface area contributed by atoms with Crippen molar-refractivity contribution >= 4 is 44.6 Å². The highest BCUT2D eigenvalue weighted by Crippen LogP contribution is 2.33. The van der Waals surface area contributed by atoms with Crippen molar-refractivity contribution in [1.82, 2.24) is 14.9 Å². The summed E-state index contributed by atoms with van der Waals surface area (Å²) in [7, 11) is 3.04. The molecule has 0 unspecified atom stereocenters. The van der Waals surface area contributed by atoms with Crippen molar-refractivity contribution in [2.45, 2.75) is 19.5 Å². The van der Waals surface area contributed by atoms with Crippen LogP contribution < -0.4 is 9.47 Å². The third-order valence-electron chi connectivity index (χ3n) is 7.52. The number of furan rings is 1. The first-order chi connectivity index (χ1) is 21.8. The van der Waals surface area contributed by atoms with E-state index < -0.39 is 23.8 Å². The maximum atomic E-state index is 14.4. The predicted octanol–water partition coefficient (Wildman–Crippen LogP) is 6.53. The highest BCUT2D eigenvalue weighted by Gasteiger charge is 2.39. The Morgan fingerprint density at radius 1 is 0.933 bits per heavy atom. The minimum atomic E-state index is -0.895. The van der Waals surface area contributed by atoms with Crippen LogP contribution in [-0.2, 0) is 11.4 Å². The van der Waals surface area contributed by atoms with Gasteiger partial charge >= 0.3 is 0 Å². The molecule has 5 aromatic rings. The lowest BCUT2D eigenvalue weighted by Crippen LogP contribution is -2.40. The fourth-order valence-electron chi connectivity index (χ4n) is 5.16. The van der Waals surface area contributed by atoms with Crippen molar-refractivity contribution in [2.75, 3.05) is 20.8 Å². The van der Waals surface area contributed by atoms with Crippen LogP contribution in [0.25, 0.3) is 11.0 Å². The summed E-state index contributed by atoms with van der Waals surface area (Å²) in [4.78, 5) is 52.6. The maximum Gasteiger partial charge on any atom is 0.285 e. The Morgan fingerprint density at radius 3 is 2.31 bits per heavy atom. The van der Waals surface area contributed by atoms with Crippen LogP contribution in [-0.4, -0.2) is 53.5 Å². The van der Waals surface area contributed by atoms with Crippen molar-refractivity contribution in [3.8, 4) is 11.6 Å². The summed E-state index contributed by atoms with van der Waals surface area (Å²) in [6.45, 7) is 1.78. The summed E-state index contributed by atoms with van der Waals surface area (Å²) in [6.07, 6.45) is 0. The van der Waals surface area contributed by atoms with Crippen molar-refractivity contribution in [1.29, 1.82) is 0 Å². The van der Waals surface area contributed by atoms with Gasteiger partial charge in [0.2, 0.25) is 5.88 Å². The van der Waals surface area contributed by atoms with Crippen molar-refractivity contribution in [2.24, 2.45) is 0 Å². The highest BCUT2D eigenvalue weighted by molar-refractivity contribution is 9.10. The second-order valence-electron chi connectivity index (χ2n) is 10.4. The quantitative estimate of drug-likeness (QED) is 0.154. The Morgan fingerprint density at radius 2 is 1.64 bits per heavy atom. The Balaban J connectivity index is 1.43. The Bertz CT molecular complexity index is 1890. The number of amides is 3. The molecule has 1 aliphatic rings. The van der Waals surface area contributed by atoms with Gasteiger partial charge in [-0.25, -0.2) is 4.98 Å². The van der Waals surface area contributed by atoms with Crippen LogP contribution >= 0.6 is 15.9 Å². The van der Waals surface area contributed by atoms with E-state index >= 15 is 0 Å². The lowest BCUT2D eigenvalue weighted by Gasteiger charge is -2.31. The zero-order valence-electron chi connectivity index (χ0n) is 24.7. The molecule has 0 spiro atoms. The van der Waals surface area contributed by atoms with Gasteiger partial charge in [-0.05, 0) is 82.5 Å². The van der Waals surface area contributed by atoms with Gasteiger partial charge in [-0.2, -0.15) is 0 Å².